The number of H-pyrrole nitrogens is 1. The minimum atomic E-state index is -4.49. The summed E-state index contributed by atoms with van der Waals surface area (Å²) in [6.07, 6.45) is 0.896. The van der Waals surface area contributed by atoms with Gasteiger partial charge in [0.1, 0.15) is 5.56 Å². The molecule has 0 amide bonds. The van der Waals surface area contributed by atoms with Crippen LogP contribution in [0.5, 0.6) is 0 Å². The first-order valence-corrected chi connectivity index (χ1v) is 5.74. The molecule has 8 heteroatoms. The molecule has 4 nitrogen and oxygen atoms in total. The van der Waals surface area contributed by atoms with Crippen LogP contribution in [0, 0.1) is 0 Å². The molecule has 0 bridgehead atoms. The van der Waals surface area contributed by atoms with Crippen molar-refractivity contribution in [2.45, 2.75) is 10.4 Å². The number of aromatic nitrogens is 1. The first-order chi connectivity index (χ1) is 8.79. The van der Waals surface area contributed by atoms with E-state index in [1.807, 2.05) is 0 Å². The Morgan fingerprint density at radius 3 is 2.58 bits per heavy atom. The first kappa shape index (κ1) is 13.5. The molecule has 2 rings (SSSR count). The lowest BCUT2D eigenvalue weighted by molar-refractivity contribution is -0.0327. The van der Waals surface area contributed by atoms with Gasteiger partial charge in [-0.3, -0.25) is 4.79 Å². The smallest absolute Gasteiger partial charge is 0.446 e. The zero-order chi connectivity index (χ0) is 14.2. The molecule has 0 saturated heterocycles. The second-order valence-electron chi connectivity index (χ2n) is 3.56. The summed E-state index contributed by atoms with van der Waals surface area (Å²) in [6, 6.07) is 3.76. The van der Waals surface area contributed by atoms with Gasteiger partial charge in [0, 0.05) is 16.5 Å². The van der Waals surface area contributed by atoms with E-state index in [9.17, 15) is 22.8 Å². The number of alkyl halides is 3. The van der Waals surface area contributed by atoms with E-state index in [0.717, 1.165) is 6.20 Å². The SMILES string of the molecule is O=C(O)c1c[nH]c2c(SC(F)(F)F)cccc2c1=O. The largest absolute Gasteiger partial charge is 0.477 e. The molecule has 0 fully saturated rings. The summed E-state index contributed by atoms with van der Waals surface area (Å²) in [5.41, 5.74) is -5.84. The third-order valence-electron chi connectivity index (χ3n) is 2.33. The molecule has 0 unspecified atom stereocenters. The third-order valence-corrected chi connectivity index (χ3v) is 3.12. The van der Waals surface area contributed by atoms with Gasteiger partial charge in [0.2, 0.25) is 5.43 Å². The first-order valence-electron chi connectivity index (χ1n) is 4.93. The average molecular weight is 289 g/mol. The highest BCUT2D eigenvalue weighted by Crippen LogP contribution is 2.39. The van der Waals surface area contributed by atoms with Crippen molar-refractivity contribution in [1.82, 2.24) is 4.98 Å². The van der Waals surface area contributed by atoms with Crippen LogP contribution in [0.1, 0.15) is 10.4 Å². The van der Waals surface area contributed by atoms with Gasteiger partial charge in [-0.05, 0) is 23.9 Å². The molecule has 0 aliphatic heterocycles. The Balaban J connectivity index is 2.69. The Labute approximate surface area is 108 Å². The number of fused-ring (bicyclic) bond motifs is 1. The number of aromatic carboxylic acids is 1. The van der Waals surface area contributed by atoms with Crippen molar-refractivity contribution in [1.29, 1.82) is 0 Å². The fourth-order valence-corrected chi connectivity index (χ4v) is 2.26. The van der Waals surface area contributed by atoms with Gasteiger partial charge in [0.05, 0.1) is 5.52 Å². The molecular formula is C11H6F3NO3S. The van der Waals surface area contributed by atoms with Crippen LogP contribution in [0.3, 0.4) is 0 Å². The predicted molar refractivity (Wildman–Crippen MR) is 63.4 cm³/mol. The van der Waals surface area contributed by atoms with Gasteiger partial charge in [-0.1, -0.05) is 6.07 Å². The molecule has 0 spiro atoms. The maximum atomic E-state index is 12.4. The van der Waals surface area contributed by atoms with Gasteiger partial charge in [0.25, 0.3) is 0 Å². The molecule has 2 aromatic rings. The molecule has 2 N–H and O–H groups in total. The molecule has 0 aliphatic rings. The van der Waals surface area contributed by atoms with E-state index in [2.05, 4.69) is 4.98 Å². The van der Waals surface area contributed by atoms with Gasteiger partial charge in [-0.25, -0.2) is 4.79 Å². The van der Waals surface area contributed by atoms with Gasteiger partial charge < -0.3 is 10.1 Å². The summed E-state index contributed by atoms with van der Waals surface area (Å²) in [6.45, 7) is 0. The number of carboxylic acids is 1. The van der Waals surface area contributed by atoms with Crippen LogP contribution in [-0.4, -0.2) is 21.6 Å². The lowest BCUT2D eigenvalue weighted by Crippen LogP contribution is -2.15. The molecule has 0 radical (unpaired) electrons. The van der Waals surface area contributed by atoms with Crippen LogP contribution in [0.15, 0.2) is 34.1 Å². The number of carbonyl (C=O) groups is 1. The highest BCUT2D eigenvalue weighted by molar-refractivity contribution is 8.00. The van der Waals surface area contributed by atoms with Crippen molar-refractivity contribution >= 4 is 28.6 Å². The zero-order valence-electron chi connectivity index (χ0n) is 9.12. The normalized spacial score (nSPS) is 11.7. The fourth-order valence-electron chi connectivity index (χ4n) is 1.59. The monoisotopic (exact) mass is 289 g/mol. The number of halogens is 3. The maximum Gasteiger partial charge on any atom is 0.446 e. The standard InChI is InChI=1S/C11H6F3NO3S/c12-11(13,14)19-7-3-1-2-5-8(7)15-4-6(9(5)16)10(17)18/h1-4H,(H,15,16)(H,17,18). The van der Waals surface area contributed by atoms with E-state index >= 15 is 0 Å². The second-order valence-corrected chi connectivity index (χ2v) is 4.67. The molecule has 1 aromatic heterocycles. The van der Waals surface area contributed by atoms with E-state index < -0.39 is 22.5 Å². The highest BCUT2D eigenvalue weighted by atomic mass is 32.2. The Bertz CT molecular complexity index is 708. The van der Waals surface area contributed by atoms with E-state index in [1.165, 1.54) is 18.2 Å². The van der Waals surface area contributed by atoms with Gasteiger partial charge in [-0.15, -0.1) is 0 Å². The van der Waals surface area contributed by atoms with Gasteiger partial charge >= 0.3 is 11.5 Å². The summed E-state index contributed by atoms with van der Waals surface area (Å²) in [5, 5.41) is 8.69. The van der Waals surface area contributed by atoms with Crippen LogP contribution in [0.4, 0.5) is 13.2 Å². The summed E-state index contributed by atoms with van der Waals surface area (Å²) in [4.78, 5) is 24.8. The summed E-state index contributed by atoms with van der Waals surface area (Å²) in [7, 11) is 0. The molecule has 1 heterocycles. The Morgan fingerprint density at radius 1 is 1.32 bits per heavy atom. The lowest BCUT2D eigenvalue weighted by atomic mass is 10.1. The van der Waals surface area contributed by atoms with Crippen LogP contribution in [0.25, 0.3) is 10.9 Å². The maximum absolute atomic E-state index is 12.4. The number of rotatable bonds is 2. The Morgan fingerprint density at radius 2 is 2.00 bits per heavy atom. The van der Waals surface area contributed by atoms with Crippen LogP contribution in [0.2, 0.25) is 0 Å². The molecule has 0 aliphatic carbocycles. The van der Waals surface area contributed by atoms with Crippen molar-refractivity contribution in [2.75, 3.05) is 0 Å². The fraction of sp³-hybridized carbons (Fsp3) is 0.0909. The van der Waals surface area contributed by atoms with Crippen molar-refractivity contribution in [2.24, 2.45) is 0 Å². The van der Waals surface area contributed by atoms with Gasteiger partial charge in [0.15, 0.2) is 0 Å². The second kappa shape index (κ2) is 4.61. The van der Waals surface area contributed by atoms with E-state index in [-0.39, 0.29) is 27.6 Å². The molecular weight excluding hydrogens is 283 g/mol. The van der Waals surface area contributed by atoms with E-state index in [0.29, 0.717) is 0 Å². The Hall–Kier alpha value is -1.96. The molecule has 0 atom stereocenters. The summed E-state index contributed by atoms with van der Waals surface area (Å²) in [5.74, 6) is -1.43. The van der Waals surface area contributed by atoms with Crippen molar-refractivity contribution in [3.8, 4) is 0 Å². The topological polar surface area (TPSA) is 70.2 Å². The number of aromatic amines is 1. The number of hydrogen-bond acceptors (Lipinski definition) is 3. The van der Waals surface area contributed by atoms with Crippen LogP contribution in [-0.2, 0) is 0 Å². The third kappa shape index (κ3) is 2.73. The number of carboxylic acid groups (broad SMARTS) is 1. The van der Waals surface area contributed by atoms with Crippen LogP contribution < -0.4 is 5.43 Å². The van der Waals surface area contributed by atoms with Gasteiger partial charge in [-0.2, -0.15) is 13.2 Å². The number of thioether (sulfide) groups is 1. The number of para-hydroxylation sites is 1. The summed E-state index contributed by atoms with van der Waals surface area (Å²) >= 11 is -0.364. The summed E-state index contributed by atoms with van der Waals surface area (Å²) < 4.78 is 37.1. The predicted octanol–water partition coefficient (Wildman–Crippen LogP) is 2.84. The lowest BCUT2D eigenvalue weighted by Gasteiger charge is -2.08. The van der Waals surface area contributed by atoms with Crippen LogP contribution >= 0.6 is 11.8 Å². The Kier molecular flexibility index (Phi) is 3.27. The molecule has 1 aromatic carbocycles. The number of hydrogen-bond donors (Lipinski definition) is 2. The molecule has 100 valence electrons. The van der Waals surface area contributed by atoms with Crippen molar-refractivity contribution in [3.63, 3.8) is 0 Å². The number of nitrogens with one attached hydrogen (secondary N) is 1. The average Bonchev–Trinajstić information content (AvgIpc) is 2.28. The molecule has 0 saturated carbocycles. The highest BCUT2D eigenvalue weighted by Gasteiger charge is 2.30. The quantitative estimate of drug-likeness (QED) is 0.834. The van der Waals surface area contributed by atoms with Crippen molar-refractivity contribution in [3.05, 3.63) is 40.2 Å². The molecule has 19 heavy (non-hydrogen) atoms. The minimum Gasteiger partial charge on any atom is -0.477 e. The zero-order valence-corrected chi connectivity index (χ0v) is 9.93. The van der Waals surface area contributed by atoms with E-state index in [1.54, 1.807) is 0 Å². The number of pyridine rings is 1. The van der Waals surface area contributed by atoms with E-state index in [4.69, 9.17) is 5.11 Å². The minimum absolute atomic E-state index is 0.0279. The van der Waals surface area contributed by atoms with Crippen molar-refractivity contribution < 1.29 is 23.1 Å². The number of benzene rings is 1.